The number of amides is 1. The van der Waals surface area contributed by atoms with Crippen LogP contribution >= 0.6 is 11.6 Å². The van der Waals surface area contributed by atoms with E-state index in [1.807, 2.05) is 7.05 Å². The number of rotatable bonds is 3. The van der Waals surface area contributed by atoms with Gasteiger partial charge in [-0.25, -0.2) is 0 Å². The van der Waals surface area contributed by atoms with Crippen molar-refractivity contribution in [1.82, 2.24) is 10.2 Å². The molecule has 0 aromatic heterocycles. The van der Waals surface area contributed by atoms with Gasteiger partial charge < -0.3 is 10.2 Å². The van der Waals surface area contributed by atoms with Gasteiger partial charge in [0.25, 0.3) is 11.6 Å². The summed E-state index contributed by atoms with van der Waals surface area (Å²) in [5.74, 6) is -0.301. The Morgan fingerprint density at radius 3 is 2.95 bits per heavy atom. The van der Waals surface area contributed by atoms with Crippen molar-refractivity contribution in [2.75, 3.05) is 20.1 Å². The van der Waals surface area contributed by atoms with Crippen LogP contribution in [0.5, 0.6) is 0 Å². The number of hydrogen-bond donors (Lipinski definition) is 1. The number of nitro benzene ring substituents is 1. The van der Waals surface area contributed by atoms with Gasteiger partial charge in [-0.1, -0.05) is 11.6 Å². The molecule has 1 aliphatic heterocycles. The highest BCUT2D eigenvalue weighted by molar-refractivity contribution is 6.32. The molecule has 1 aliphatic rings. The lowest BCUT2D eigenvalue weighted by molar-refractivity contribution is -0.384. The van der Waals surface area contributed by atoms with E-state index < -0.39 is 4.92 Å². The zero-order chi connectivity index (χ0) is 14.7. The molecule has 0 bridgehead atoms. The molecule has 1 N–H and O–H groups in total. The highest BCUT2D eigenvalue weighted by Gasteiger charge is 2.21. The van der Waals surface area contributed by atoms with Crippen LogP contribution in [0.15, 0.2) is 18.2 Å². The van der Waals surface area contributed by atoms with Gasteiger partial charge in [-0.15, -0.1) is 0 Å². The number of halogens is 1. The number of likely N-dealkylation sites (tertiary alicyclic amines) is 1. The van der Waals surface area contributed by atoms with Crippen LogP contribution in [0.4, 0.5) is 5.69 Å². The molecule has 20 heavy (non-hydrogen) atoms. The third-order valence-corrected chi connectivity index (χ3v) is 3.68. The van der Waals surface area contributed by atoms with Gasteiger partial charge in [0.15, 0.2) is 0 Å². The van der Waals surface area contributed by atoms with Crippen LogP contribution in [0.2, 0.25) is 5.02 Å². The molecular formula is C13H16ClN3O3. The SMILES string of the molecule is CN1CCCC(NC(=O)c2ccc(Cl)c([N+](=O)[O-])c2)C1. The molecule has 7 heteroatoms. The Morgan fingerprint density at radius 2 is 2.30 bits per heavy atom. The zero-order valence-corrected chi connectivity index (χ0v) is 11.9. The van der Waals surface area contributed by atoms with Crippen LogP contribution in [-0.4, -0.2) is 41.9 Å². The number of nitrogens with zero attached hydrogens (tertiary/aromatic N) is 2. The first-order valence-corrected chi connectivity index (χ1v) is 6.78. The average molecular weight is 298 g/mol. The highest BCUT2D eigenvalue weighted by atomic mass is 35.5. The molecule has 1 saturated heterocycles. The van der Waals surface area contributed by atoms with E-state index in [1.54, 1.807) is 0 Å². The molecule has 0 radical (unpaired) electrons. The Hall–Kier alpha value is -1.66. The van der Waals surface area contributed by atoms with Gasteiger partial charge in [-0.2, -0.15) is 0 Å². The number of nitro groups is 1. The number of nitrogens with one attached hydrogen (secondary N) is 1. The van der Waals surface area contributed by atoms with Crippen molar-refractivity contribution in [3.63, 3.8) is 0 Å². The van der Waals surface area contributed by atoms with E-state index in [2.05, 4.69) is 10.2 Å². The fraction of sp³-hybridized carbons (Fsp3) is 0.462. The van der Waals surface area contributed by atoms with Crippen LogP contribution in [0.1, 0.15) is 23.2 Å². The van der Waals surface area contributed by atoms with E-state index in [0.29, 0.717) is 0 Å². The summed E-state index contributed by atoms with van der Waals surface area (Å²) < 4.78 is 0. The molecular weight excluding hydrogens is 282 g/mol. The van der Waals surface area contributed by atoms with Crippen molar-refractivity contribution in [1.29, 1.82) is 0 Å². The van der Waals surface area contributed by atoms with Gasteiger partial charge in [-0.3, -0.25) is 14.9 Å². The topological polar surface area (TPSA) is 75.5 Å². The van der Waals surface area contributed by atoms with Crippen LogP contribution < -0.4 is 5.32 Å². The minimum absolute atomic E-state index is 0.0314. The van der Waals surface area contributed by atoms with Crippen LogP contribution in [0.3, 0.4) is 0 Å². The smallest absolute Gasteiger partial charge is 0.288 e. The summed E-state index contributed by atoms with van der Waals surface area (Å²) in [6.07, 6.45) is 1.95. The second-order valence-corrected chi connectivity index (χ2v) is 5.41. The Bertz CT molecular complexity index is 536. The van der Waals surface area contributed by atoms with Crippen molar-refractivity contribution in [2.24, 2.45) is 0 Å². The Labute approximate surface area is 121 Å². The first-order chi connectivity index (χ1) is 9.47. The van der Waals surface area contributed by atoms with Gasteiger partial charge in [-0.05, 0) is 38.6 Å². The molecule has 0 aliphatic carbocycles. The number of carbonyl (C=O) groups excluding carboxylic acids is 1. The summed E-state index contributed by atoms with van der Waals surface area (Å²) in [5, 5.41) is 13.7. The molecule has 2 rings (SSSR count). The van der Waals surface area contributed by atoms with Crippen LogP contribution in [0.25, 0.3) is 0 Å². The quantitative estimate of drug-likeness (QED) is 0.684. The fourth-order valence-corrected chi connectivity index (χ4v) is 2.53. The van der Waals surface area contributed by atoms with E-state index in [-0.39, 0.29) is 28.2 Å². The maximum absolute atomic E-state index is 12.1. The van der Waals surface area contributed by atoms with Crippen molar-refractivity contribution >= 4 is 23.2 Å². The predicted octanol–water partition coefficient (Wildman–Crippen LogP) is 2.07. The maximum atomic E-state index is 12.1. The average Bonchev–Trinajstić information content (AvgIpc) is 2.38. The molecule has 108 valence electrons. The molecule has 1 heterocycles. The molecule has 1 unspecified atom stereocenters. The molecule has 0 spiro atoms. The monoisotopic (exact) mass is 297 g/mol. The summed E-state index contributed by atoms with van der Waals surface area (Å²) in [7, 11) is 2.01. The van der Waals surface area contributed by atoms with Crippen molar-refractivity contribution < 1.29 is 9.72 Å². The second-order valence-electron chi connectivity index (χ2n) is 5.00. The number of hydrogen-bond acceptors (Lipinski definition) is 4. The molecule has 6 nitrogen and oxygen atoms in total. The predicted molar refractivity (Wildman–Crippen MR) is 76.1 cm³/mol. The largest absolute Gasteiger partial charge is 0.348 e. The summed E-state index contributed by atoms with van der Waals surface area (Å²) in [5.41, 5.74) is 0.00871. The lowest BCUT2D eigenvalue weighted by Crippen LogP contribution is -2.46. The molecule has 1 atom stereocenters. The number of benzene rings is 1. The Kier molecular flexibility index (Phi) is 4.57. The zero-order valence-electron chi connectivity index (χ0n) is 11.1. The third kappa shape index (κ3) is 3.46. The fourth-order valence-electron chi connectivity index (χ4n) is 2.35. The number of piperidine rings is 1. The molecule has 0 saturated carbocycles. The minimum Gasteiger partial charge on any atom is -0.348 e. The third-order valence-electron chi connectivity index (χ3n) is 3.36. The van der Waals surface area contributed by atoms with Crippen molar-refractivity contribution in [2.45, 2.75) is 18.9 Å². The Morgan fingerprint density at radius 1 is 1.55 bits per heavy atom. The summed E-state index contributed by atoms with van der Waals surface area (Å²) >= 11 is 5.73. The highest BCUT2D eigenvalue weighted by Crippen LogP contribution is 2.25. The van der Waals surface area contributed by atoms with Crippen LogP contribution in [-0.2, 0) is 0 Å². The van der Waals surface area contributed by atoms with E-state index >= 15 is 0 Å². The van der Waals surface area contributed by atoms with E-state index in [9.17, 15) is 14.9 Å². The summed E-state index contributed by atoms with van der Waals surface area (Å²) in [6.45, 7) is 1.82. The van der Waals surface area contributed by atoms with E-state index in [4.69, 9.17) is 11.6 Å². The molecule has 1 amide bonds. The van der Waals surface area contributed by atoms with E-state index in [0.717, 1.165) is 25.9 Å². The molecule has 1 aromatic carbocycles. The second kappa shape index (κ2) is 6.19. The standard InChI is InChI=1S/C13H16ClN3O3/c1-16-6-2-3-10(8-16)15-13(18)9-4-5-11(14)12(7-9)17(19)20/h4-5,7,10H,2-3,6,8H2,1H3,(H,15,18). The minimum atomic E-state index is -0.590. The van der Waals surface area contributed by atoms with Gasteiger partial charge in [0.2, 0.25) is 0 Å². The van der Waals surface area contributed by atoms with Gasteiger partial charge in [0, 0.05) is 24.2 Å². The lowest BCUT2D eigenvalue weighted by atomic mass is 10.1. The molecule has 1 fully saturated rings. The van der Waals surface area contributed by atoms with Gasteiger partial charge in [0.05, 0.1) is 4.92 Å². The lowest BCUT2D eigenvalue weighted by Gasteiger charge is -2.30. The van der Waals surface area contributed by atoms with Crippen molar-refractivity contribution in [3.8, 4) is 0 Å². The summed E-state index contributed by atoms with van der Waals surface area (Å²) in [4.78, 5) is 24.5. The van der Waals surface area contributed by atoms with Gasteiger partial charge >= 0.3 is 0 Å². The van der Waals surface area contributed by atoms with Gasteiger partial charge in [0.1, 0.15) is 5.02 Å². The van der Waals surface area contributed by atoms with E-state index in [1.165, 1.54) is 18.2 Å². The Balaban J connectivity index is 2.09. The van der Waals surface area contributed by atoms with Crippen molar-refractivity contribution in [3.05, 3.63) is 38.9 Å². The maximum Gasteiger partial charge on any atom is 0.288 e. The molecule has 1 aromatic rings. The summed E-state index contributed by atoms with van der Waals surface area (Å²) in [6, 6.07) is 4.17. The first-order valence-electron chi connectivity index (χ1n) is 6.40. The normalized spacial score (nSPS) is 19.6. The van der Waals surface area contributed by atoms with Crippen LogP contribution in [0, 0.1) is 10.1 Å². The number of carbonyl (C=O) groups is 1. The first kappa shape index (κ1) is 14.7. The number of likely N-dealkylation sites (N-methyl/N-ethyl adjacent to an activating group) is 1.